The molecule has 0 saturated heterocycles. The first kappa shape index (κ1) is 19.4. The predicted octanol–water partition coefficient (Wildman–Crippen LogP) is 4.61. The molecule has 0 unspecified atom stereocenters. The van der Waals surface area contributed by atoms with Crippen molar-refractivity contribution in [2.24, 2.45) is 0 Å². The summed E-state index contributed by atoms with van der Waals surface area (Å²) in [6.45, 7) is 4.09. The zero-order valence-electron chi connectivity index (χ0n) is 15.0. The van der Waals surface area contributed by atoms with Crippen LogP contribution in [0.5, 0.6) is 5.75 Å². The number of rotatable bonds is 6. The van der Waals surface area contributed by atoms with Gasteiger partial charge in [-0.2, -0.15) is 0 Å². The number of fused-ring (bicyclic) bond motifs is 1. The molecule has 0 radical (unpaired) electrons. The van der Waals surface area contributed by atoms with Crippen molar-refractivity contribution in [1.82, 2.24) is 0 Å². The van der Waals surface area contributed by atoms with Crippen molar-refractivity contribution in [1.29, 1.82) is 0 Å². The van der Waals surface area contributed by atoms with Gasteiger partial charge in [0.05, 0.1) is 0 Å². The highest BCUT2D eigenvalue weighted by Gasteiger charge is 2.16. The molecule has 6 heteroatoms. The Hall–Kier alpha value is -2.35. The Balaban J connectivity index is 1.93. The lowest BCUT2D eigenvalue weighted by atomic mass is 10.0. The molecule has 3 rings (SSSR count). The van der Waals surface area contributed by atoms with Crippen LogP contribution >= 0.6 is 22.6 Å². The molecule has 0 fully saturated rings. The summed E-state index contributed by atoms with van der Waals surface area (Å²) in [4.78, 5) is 23.2. The molecule has 0 bridgehead atoms. The molecule has 2 aromatic carbocycles. The molecule has 3 aromatic rings. The smallest absolute Gasteiger partial charge is 0.339 e. The molecule has 0 amide bonds. The summed E-state index contributed by atoms with van der Waals surface area (Å²) in [7, 11) is 0. The molecule has 0 spiro atoms. The molecule has 27 heavy (non-hydrogen) atoms. The van der Waals surface area contributed by atoms with E-state index in [9.17, 15) is 9.59 Å². The molecule has 0 aliphatic rings. The van der Waals surface area contributed by atoms with E-state index >= 15 is 0 Å². The largest absolute Gasteiger partial charge is 0.488 e. The Bertz CT molecular complexity index is 1070. The van der Waals surface area contributed by atoms with Gasteiger partial charge in [-0.25, -0.2) is 4.79 Å². The van der Waals surface area contributed by atoms with Crippen LogP contribution in [0.3, 0.4) is 0 Å². The third-order valence-electron chi connectivity index (χ3n) is 4.53. The van der Waals surface area contributed by atoms with Crippen LogP contribution in [0.4, 0.5) is 0 Å². The predicted molar refractivity (Wildman–Crippen MR) is 111 cm³/mol. The minimum absolute atomic E-state index is 0.104. The Kier molecular flexibility index (Phi) is 5.84. The second-order valence-corrected chi connectivity index (χ2v) is 7.62. The quantitative estimate of drug-likeness (QED) is 0.414. The van der Waals surface area contributed by atoms with E-state index in [0.717, 1.165) is 25.6 Å². The summed E-state index contributed by atoms with van der Waals surface area (Å²) < 4.78 is 12.6. The van der Waals surface area contributed by atoms with Crippen molar-refractivity contribution in [3.05, 3.63) is 72.6 Å². The zero-order chi connectivity index (χ0) is 19.6. The monoisotopic (exact) mass is 478 g/mol. The highest BCUT2D eigenvalue weighted by atomic mass is 127. The molecule has 140 valence electrons. The first-order valence-corrected chi connectivity index (χ1v) is 9.59. The Morgan fingerprint density at radius 1 is 1.19 bits per heavy atom. The lowest BCUT2D eigenvalue weighted by molar-refractivity contribution is -0.136. The average Bonchev–Trinajstić information content (AvgIpc) is 2.61. The van der Waals surface area contributed by atoms with E-state index in [1.54, 1.807) is 0 Å². The van der Waals surface area contributed by atoms with Gasteiger partial charge in [0.1, 0.15) is 17.9 Å². The van der Waals surface area contributed by atoms with Gasteiger partial charge in [-0.3, -0.25) is 4.79 Å². The summed E-state index contributed by atoms with van der Waals surface area (Å²) in [5.74, 6) is -0.286. The van der Waals surface area contributed by atoms with E-state index in [2.05, 4.69) is 28.7 Å². The van der Waals surface area contributed by atoms with Crippen LogP contribution in [0.1, 0.15) is 28.7 Å². The maximum atomic E-state index is 12.3. The Labute approximate surface area is 170 Å². The fraction of sp³-hybridized carbons (Fsp3) is 0.238. The van der Waals surface area contributed by atoms with Crippen molar-refractivity contribution in [2.75, 3.05) is 0 Å². The highest BCUT2D eigenvalue weighted by Crippen LogP contribution is 2.30. The Morgan fingerprint density at radius 2 is 1.96 bits per heavy atom. The van der Waals surface area contributed by atoms with Crippen LogP contribution < -0.4 is 10.4 Å². The molecule has 0 aliphatic carbocycles. The van der Waals surface area contributed by atoms with Gasteiger partial charge in [-0.1, -0.05) is 12.1 Å². The highest BCUT2D eigenvalue weighted by molar-refractivity contribution is 14.1. The number of hydrogen-bond acceptors (Lipinski definition) is 4. The summed E-state index contributed by atoms with van der Waals surface area (Å²) in [5.41, 5.74) is 2.98. The fourth-order valence-corrected chi connectivity index (χ4v) is 3.64. The Morgan fingerprint density at radius 3 is 2.67 bits per heavy atom. The number of carbonyl (C=O) groups is 1. The van der Waals surface area contributed by atoms with Gasteiger partial charge >= 0.3 is 11.6 Å². The van der Waals surface area contributed by atoms with Crippen LogP contribution in [0, 0.1) is 17.4 Å². The molecule has 5 nitrogen and oxygen atoms in total. The van der Waals surface area contributed by atoms with E-state index in [1.165, 1.54) is 0 Å². The number of benzene rings is 2. The molecule has 0 saturated carbocycles. The second kappa shape index (κ2) is 8.12. The number of halogens is 1. The van der Waals surface area contributed by atoms with Gasteiger partial charge in [0.2, 0.25) is 0 Å². The number of aliphatic carboxylic acids is 1. The van der Waals surface area contributed by atoms with E-state index in [4.69, 9.17) is 14.3 Å². The van der Waals surface area contributed by atoms with Crippen molar-refractivity contribution < 1.29 is 19.1 Å². The normalized spacial score (nSPS) is 10.9. The van der Waals surface area contributed by atoms with Crippen molar-refractivity contribution >= 4 is 39.5 Å². The van der Waals surface area contributed by atoms with Crippen molar-refractivity contribution in [3.8, 4) is 5.75 Å². The van der Waals surface area contributed by atoms with Gasteiger partial charge in [0, 0.05) is 26.5 Å². The number of carboxylic acids is 1. The molecular weight excluding hydrogens is 459 g/mol. The molecular formula is C21H19IO5. The van der Waals surface area contributed by atoms with Gasteiger partial charge < -0.3 is 14.3 Å². The molecule has 1 heterocycles. The van der Waals surface area contributed by atoms with Gasteiger partial charge in [-0.05, 0) is 78.3 Å². The molecule has 0 atom stereocenters. The number of hydrogen-bond donors (Lipinski definition) is 1. The van der Waals surface area contributed by atoms with Gasteiger partial charge in [0.25, 0.3) is 0 Å². The minimum atomic E-state index is -0.940. The second-order valence-electron chi connectivity index (χ2n) is 6.37. The lowest BCUT2D eigenvalue weighted by Gasteiger charge is -2.13. The topological polar surface area (TPSA) is 76.7 Å². The third kappa shape index (κ3) is 4.32. The number of aryl methyl sites for hydroxylation is 2. The van der Waals surface area contributed by atoms with Gasteiger partial charge in [-0.15, -0.1) is 0 Å². The summed E-state index contributed by atoms with van der Waals surface area (Å²) >= 11 is 2.26. The summed E-state index contributed by atoms with van der Waals surface area (Å²) in [6, 6.07) is 11.8. The van der Waals surface area contributed by atoms with Crippen molar-refractivity contribution in [3.63, 3.8) is 0 Å². The van der Waals surface area contributed by atoms with E-state index < -0.39 is 11.6 Å². The van der Waals surface area contributed by atoms with Gasteiger partial charge in [0.15, 0.2) is 0 Å². The van der Waals surface area contributed by atoms with Crippen LogP contribution in [0.15, 0.2) is 45.6 Å². The van der Waals surface area contributed by atoms with E-state index in [1.807, 2.05) is 44.2 Å². The molecule has 1 N–H and O–H groups in total. The molecule has 1 aromatic heterocycles. The maximum Gasteiger partial charge on any atom is 0.339 e. The van der Waals surface area contributed by atoms with E-state index in [0.29, 0.717) is 23.5 Å². The molecule has 0 aliphatic heterocycles. The average molecular weight is 478 g/mol. The van der Waals surface area contributed by atoms with Crippen LogP contribution in [-0.2, 0) is 17.8 Å². The summed E-state index contributed by atoms with van der Waals surface area (Å²) in [5, 5.41) is 9.67. The first-order valence-electron chi connectivity index (χ1n) is 8.51. The SMILES string of the molecule is Cc1c(CCC(=O)O)c(=O)oc2c(C)c(OCc3cccc(I)c3)ccc12. The minimum Gasteiger partial charge on any atom is -0.488 e. The van der Waals surface area contributed by atoms with Crippen molar-refractivity contribution in [2.45, 2.75) is 33.3 Å². The van der Waals surface area contributed by atoms with Crippen LogP contribution in [0.25, 0.3) is 11.0 Å². The summed E-state index contributed by atoms with van der Waals surface area (Å²) in [6.07, 6.45) is 0.0521. The fourth-order valence-electron chi connectivity index (χ4n) is 3.04. The zero-order valence-corrected chi connectivity index (χ0v) is 17.2. The van der Waals surface area contributed by atoms with Crippen LogP contribution in [-0.4, -0.2) is 11.1 Å². The standard InChI is InChI=1S/C21H19IO5/c1-12-16-6-8-18(26-11-14-4-3-5-15(22)10-14)13(2)20(16)27-21(25)17(12)7-9-19(23)24/h3-6,8,10H,7,9,11H2,1-2H3,(H,23,24). The maximum absolute atomic E-state index is 12.3. The number of carboxylic acid groups (broad SMARTS) is 1. The third-order valence-corrected chi connectivity index (χ3v) is 5.20. The number of ether oxygens (including phenoxy) is 1. The van der Waals surface area contributed by atoms with Crippen LogP contribution in [0.2, 0.25) is 0 Å². The first-order chi connectivity index (χ1) is 12.9. The van der Waals surface area contributed by atoms with E-state index in [-0.39, 0.29) is 12.8 Å². The lowest BCUT2D eigenvalue weighted by Crippen LogP contribution is -2.12.